The van der Waals surface area contributed by atoms with Crippen LogP contribution >= 0.6 is 22.9 Å². The Morgan fingerprint density at radius 2 is 2.10 bits per heavy atom. The SMILES string of the molecule is C=S1(=O)C[C@@](C)(c2sc(-c3cnc(-c4ccc(F)cc4)o3)cc2Cl)N=C(N)N1C. The predicted molar refractivity (Wildman–Crippen MR) is 117 cm³/mol. The molecule has 3 heterocycles. The van der Waals surface area contributed by atoms with Gasteiger partial charge in [0.05, 0.1) is 36.4 Å². The maximum atomic E-state index is 13.1. The molecule has 3 aromatic rings. The Kier molecular flexibility index (Phi) is 4.71. The average molecular weight is 453 g/mol. The molecule has 2 atom stereocenters. The third-order valence-corrected chi connectivity index (χ3v) is 8.72. The second-order valence-corrected chi connectivity index (χ2v) is 10.8. The van der Waals surface area contributed by atoms with E-state index in [1.165, 1.54) is 27.8 Å². The van der Waals surface area contributed by atoms with Crippen molar-refractivity contribution in [2.24, 2.45) is 10.7 Å². The maximum absolute atomic E-state index is 13.1. The van der Waals surface area contributed by atoms with E-state index in [-0.39, 0.29) is 17.5 Å². The fourth-order valence-corrected chi connectivity index (χ4v) is 6.48. The number of guanidine groups is 1. The van der Waals surface area contributed by atoms with Gasteiger partial charge < -0.3 is 10.2 Å². The van der Waals surface area contributed by atoms with Gasteiger partial charge in [0.15, 0.2) is 5.76 Å². The summed E-state index contributed by atoms with van der Waals surface area (Å²) in [5, 5.41) is 0.475. The van der Waals surface area contributed by atoms with Gasteiger partial charge in [0.1, 0.15) is 11.4 Å². The molecule has 1 aliphatic heterocycles. The number of nitrogens with two attached hydrogens (primary N) is 1. The largest absolute Gasteiger partial charge is 0.435 e. The smallest absolute Gasteiger partial charge is 0.226 e. The van der Waals surface area contributed by atoms with E-state index in [2.05, 4.69) is 15.8 Å². The van der Waals surface area contributed by atoms with Gasteiger partial charge in [-0.05, 0) is 43.1 Å². The van der Waals surface area contributed by atoms with Crippen LogP contribution < -0.4 is 5.73 Å². The summed E-state index contributed by atoms with van der Waals surface area (Å²) < 4.78 is 33.2. The van der Waals surface area contributed by atoms with Gasteiger partial charge in [0, 0.05) is 12.6 Å². The third-order valence-electron chi connectivity index (χ3n) is 4.71. The molecule has 1 aromatic carbocycles. The van der Waals surface area contributed by atoms with Gasteiger partial charge in [0.2, 0.25) is 11.9 Å². The fraction of sp³-hybridized carbons (Fsp3) is 0.211. The lowest BCUT2D eigenvalue weighted by atomic mass is 10.0. The van der Waals surface area contributed by atoms with Crippen LogP contribution in [0.2, 0.25) is 5.02 Å². The van der Waals surface area contributed by atoms with Crippen LogP contribution in [0.25, 0.3) is 22.1 Å². The average Bonchev–Trinajstić information content (AvgIpc) is 3.27. The summed E-state index contributed by atoms with van der Waals surface area (Å²) in [6.07, 6.45) is 1.59. The zero-order valence-corrected chi connectivity index (χ0v) is 18.1. The van der Waals surface area contributed by atoms with E-state index in [0.717, 1.165) is 9.75 Å². The van der Waals surface area contributed by atoms with E-state index >= 15 is 0 Å². The lowest BCUT2D eigenvalue weighted by Gasteiger charge is -2.36. The number of benzene rings is 1. The van der Waals surface area contributed by atoms with E-state index in [1.54, 1.807) is 31.4 Å². The first-order valence-corrected chi connectivity index (χ1v) is 11.6. The molecule has 0 saturated carbocycles. The number of rotatable bonds is 3. The van der Waals surface area contributed by atoms with Crippen LogP contribution in [0.15, 0.2) is 45.9 Å². The van der Waals surface area contributed by atoms with Crippen LogP contribution in [0.3, 0.4) is 0 Å². The first-order valence-electron chi connectivity index (χ1n) is 8.55. The quantitative estimate of drug-likeness (QED) is 0.609. The summed E-state index contributed by atoms with van der Waals surface area (Å²) in [4.78, 5) is 10.3. The summed E-state index contributed by atoms with van der Waals surface area (Å²) in [6.45, 7) is 1.84. The highest BCUT2D eigenvalue weighted by atomic mass is 35.5. The Morgan fingerprint density at radius 1 is 1.41 bits per heavy atom. The van der Waals surface area contributed by atoms with Gasteiger partial charge in [-0.25, -0.2) is 18.6 Å². The second kappa shape index (κ2) is 6.86. The number of aromatic nitrogens is 1. The van der Waals surface area contributed by atoms with E-state index in [0.29, 0.717) is 22.2 Å². The van der Waals surface area contributed by atoms with Crippen molar-refractivity contribution in [3.63, 3.8) is 0 Å². The van der Waals surface area contributed by atoms with Crippen molar-refractivity contribution < 1.29 is 13.0 Å². The molecular formula is C19H18ClFN4O2S2. The molecule has 10 heteroatoms. The minimum Gasteiger partial charge on any atom is -0.435 e. The highest BCUT2D eigenvalue weighted by Crippen LogP contribution is 2.44. The van der Waals surface area contributed by atoms with Crippen molar-refractivity contribution in [2.45, 2.75) is 12.5 Å². The second-order valence-electron chi connectivity index (χ2n) is 6.98. The van der Waals surface area contributed by atoms with Crippen LogP contribution in [0.1, 0.15) is 11.8 Å². The number of halogens is 2. The van der Waals surface area contributed by atoms with Crippen molar-refractivity contribution in [3.8, 4) is 22.1 Å². The summed E-state index contributed by atoms with van der Waals surface area (Å²) in [5.74, 6) is 4.73. The number of oxazole rings is 1. The van der Waals surface area contributed by atoms with E-state index in [4.69, 9.17) is 21.8 Å². The van der Waals surface area contributed by atoms with Crippen molar-refractivity contribution in [1.29, 1.82) is 0 Å². The molecule has 0 bridgehead atoms. The molecule has 4 rings (SSSR count). The minimum atomic E-state index is -2.61. The number of thiophene rings is 1. The summed E-state index contributed by atoms with van der Waals surface area (Å²) in [7, 11) is -1.00. The van der Waals surface area contributed by atoms with Crippen molar-refractivity contribution >= 4 is 44.5 Å². The predicted octanol–water partition coefficient (Wildman–Crippen LogP) is 3.97. The van der Waals surface area contributed by atoms with Gasteiger partial charge in [0.25, 0.3) is 0 Å². The number of nitrogens with zero attached hydrogens (tertiary/aromatic N) is 3. The zero-order chi connectivity index (χ0) is 21.0. The highest BCUT2D eigenvalue weighted by molar-refractivity contribution is 7.98. The molecule has 2 aromatic heterocycles. The maximum Gasteiger partial charge on any atom is 0.226 e. The van der Waals surface area contributed by atoms with Gasteiger partial charge in [-0.15, -0.1) is 11.3 Å². The number of hydrogen-bond donors (Lipinski definition) is 1. The lowest BCUT2D eigenvalue weighted by molar-refractivity contribution is 0.522. The topological polar surface area (TPSA) is 84.7 Å². The Bertz CT molecular complexity index is 1220. The van der Waals surface area contributed by atoms with Crippen LogP contribution in [-0.2, 0) is 15.2 Å². The van der Waals surface area contributed by atoms with Crippen LogP contribution in [-0.4, -0.2) is 38.1 Å². The van der Waals surface area contributed by atoms with Crippen LogP contribution in [0.4, 0.5) is 4.39 Å². The normalized spacial score (nSPS) is 24.6. The van der Waals surface area contributed by atoms with Crippen LogP contribution in [0.5, 0.6) is 0 Å². The molecule has 1 unspecified atom stereocenters. The third kappa shape index (κ3) is 3.54. The molecule has 0 aliphatic carbocycles. The fourth-order valence-electron chi connectivity index (χ4n) is 3.15. The summed E-state index contributed by atoms with van der Waals surface area (Å²) >= 11 is 7.88. The van der Waals surface area contributed by atoms with Crippen molar-refractivity contribution in [2.75, 3.05) is 12.8 Å². The van der Waals surface area contributed by atoms with Crippen LogP contribution in [0, 0.1) is 5.82 Å². The first kappa shape index (κ1) is 19.9. The Morgan fingerprint density at radius 3 is 2.76 bits per heavy atom. The van der Waals surface area contributed by atoms with E-state index in [9.17, 15) is 8.60 Å². The van der Waals surface area contributed by atoms with Crippen molar-refractivity contribution in [3.05, 3.63) is 52.2 Å². The Balaban J connectivity index is 1.72. The van der Waals surface area contributed by atoms with Gasteiger partial charge >= 0.3 is 0 Å². The minimum absolute atomic E-state index is 0.156. The molecule has 2 N–H and O–H groups in total. The molecule has 0 saturated heterocycles. The van der Waals surface area contributed by atoms with Gasteiger partial charge in [-0.1, -0.05) is 11.6 Å². The van der Waals surface area contributed by atoms with Gasteiger partial charge in [-0.3, -0.25) is 4.31 Å². The lowest BCUT2D eigenvalue weighted by Crippen LogP contribution is -2.50. The molecule has 0 amide bonds. The molecule has 152 valence electrons. The highest BCUT2D eigenvalue weighted by Gasteiger charge is 2.39. The van der Waals surface area contributed by atoms with Crippen molar-refractivity contribution in [1.82, 2.24) is 9.29 Å². The molecule has 0 fully saturated rings. The Hall–Kier alpha value is -2.36. The number of hydrogen-bond acceptors (Lipinski definition) is 6. The van der Waals surface area contributed by atoms with E-state index in [1.807, 2.05) is 6.92 Å². The van der Waals surface area contributed by atoms with E-state index < -0.39 is 15.2 Å². The summed E-state index contributed by atoms with van der Waals surface area (Å²) in [5.41, 5.74) is 5.77. The number of aliphatic imine (C=N–C) groups is 1. The molecule has 6 nitrogen and oxygen atoms in total. The summed E-state index contributed by atoms with van der Waals surface area (Å²) in [6, 6.07) is 7.65. The zero-order valence-electron chi connectivity index (χ0n) is 15.7. The molecule has 1 aliphatic rings. The Labute approximate surface area is 177 Å². The molecular weight excluding hydrogens is 435 g/mol. The molecule has 29 heavy (non-hydrogen) atoms. The molecule has 0 spiro atoms. The standard InChI is InChI=1S/C19H18ClFN4O2S2/c1-19(10-29(3,26)25(2)18(22)24-19)16-13(20)8-15(28-16)14-9-23-17(27-14)11-4-6-12(21)7-5-11/h4-9H,3,10H2,1-2H3,(H2,22,24)/t19-,29?/m0/s1. The first-order chi connectivity index (χ1) is 13.6. The molecule has 0 radical (unpaired) electrons. The van der Waals surface area contributed by atoms with Gasteiger partial charge in [-0.2, -0.15) is 0 Å². The monoisotopic (exact) mass is 452 g/mol.